The van der Waals surface area contributed by atoms with Gasteiger partial charge in [-0.3, -0.25) is 19.2 Å². The average molecular weight is 513 g/mol. The number of aromatic nitrogens is 1. The maximum absolute atomic E-state index is 13.2. The first kappa shape index (κ1) is 27.4. The van der Waals surface area contributed by atoms with Gasteiger partial charge in [-0.05, 0) is 18.4 Å². The molecule has 2 heterocycles. The lowest BCUT2D eigenvalue weighted by Gasteiger charge is -2.36. The summed E-state index contributed by atoms with van der Waals surface area (Å²) in [4.78, 5) is 67.8. The molecule has 0 bridgehead atoms. The first-order valence-corrected chi connectivity index (χ1v) is 12.3. The molecule has 0 aliphatic carbocycles. The number of ether oxygens (including phenoxy) is 1. The lowest BCUT2D eigenvalue weighted by Crippen LogP contribution is -2.56. The van der Waals surface area contributed by atoms with E-state index in [1.54, 1.807) is 24.3 Å². The molecule has 1 aromatic carbocycles. The second-order valence-electron chi connectivity index (χ2n) is 8.75. The molecule has 0 radical (unpaired) electrons. The van der Waals surface area contributed by atoms with E-state index < -0.39 is 35.3 Å². The van der Waals surface area contributed by atoms with Crippen LogP contribution in [0.3, 0.4) is 0 Å². The summed E-state index contributed by atoms with van der Waals surface area (Å²) < 4.78 is 5.22. The Hall–Kier alpha value is -4.15. The molecule has 2 aromatic rings. The van der Waals surface area contributed by atoms with E-state index in [1.807, 2.05) is 13.0 Å². The summed E-state index contributed by atoms with van der Waals surface area (Å²) in [5, 5.41) is 11.7. The minimum absolute atomic E-state index is 0.0425. The van der Waals surface area contributed by atoms with E-state index in [-0.39, 0.29) is 44.7 Å². The van der Waals surface area contributed by atoms with Crippen molar-refractivity contribution in [1.82, 2.24) is 20.1 Å². The first-order chi connectivity index (χ1) is 17.8. The predicted octanol–water partition coefficient (Wildman–Crippen LogP) is 2.09. The van der Waals surface area contributed by atoms with E-state index >= 15 is 0 Å². The van der Waals surface area contributed by atoms with Gasteiger partial charge in [-0.2, -0.15) is 0 Å². The van der Waals surface area contributed by atoms with Crippen LogP contribution < -0.4 is 10.7 Å². The summed E-state index contributed by atoms with van der Waals surface area (Å²) in [5.74, 6) is -2.25. The number of hydrogen-bond acceptors (Lipinski definition) is 6. The average Bonchev–Trinajstić information content (AvgIpc) is 2.90. The number of pyridine rings is 1. The summed E-state index contributed by atoms with van der Waals surface area (Å²) in [6, 6.07) is 10.4. The third-order valence-corrected chi connectivity index (χ3v) is 6.00. The SMILES string of the molecule is CCCCOC(=O)N1CCN(C(=O)[C@H](CCC(=O)O)NC(=O)c2cc(=O)cc(-c3ccccc3)[nH]2)CC1. The van der Waals surface area contributed by atoms with Crippen molar-refractivity contribution in [2.45, 2.75) is 38.6 Å². The van der Waals surface area contributed by atoms with Crippen molar-refractivity contribution in [1.29, 1.82) is 0 Å². The topological polar surface area (TPSA) is 149 Å². The van der Waals surface area contributed by atoms with Crippen molar-refractivity contribution in [2.75, 3.05) is 32.8 Å². The second-order valence-corrected chi connectivity index (χ2v) is 8.75. The molecule has 3 rings (SSSR count). The molecule has 1 fully saturated rings. The Balaban J connectivity index is 1.68. The zero-order valence-corrected chi connectivity index (χ0v) is 20.8. The molecule has 3 N–H and O–H groups in total. The smallest absolute Gasteiger partial charge is 0.409 e. The van der Waals surface area contributed by atoms with Gasteiger partial charge in [0, 0.05) is 50.4 Å². The summed E-state index contributed by atoms with van der Waals surface area (Å²) in [6.07, 6.45) is 0.791. The van der Waals surface area contributed by atoms with Crippen LogP contribution in [0.1, 0.15) is 43.1 Å². The van der Waals surface area contributed by atoms with Crippen molar-refractivity contribution >= 4 is 23.9 Å². The van der Waals surface area contributed by atoms with Gasteiger partial charge in [0.05, 0.1) is 6.61 Å². The van der Waals surface area contributed by atoms with Crippen molar-refractivity contribution in [3.8, 4) is 11.3 Å². The number of carbonyl (C=O) groups excluding carboxylic acids is 3. The molecule has 1 aliphatic rings. The van der Waals surface area contributed by atoms with E-state index in [0.717, 1.165) is 18.9 Å². The Kier molecular flexibility index (Phi) is 9.82. The van der Waals surface area contributed by atoms with Crippen molar-refractivity contribution in [3.63, 3.8) is 0 Å². The van der Waals surface area contributed by atoms with Crippen LogP contribution in [-0.2, 0) is 14.3 Å². The number of carboxylic acids is 1. The second kappa shape index (κ2) is 13.2. The molecule has 0 unspecified atom stereocenters. The number of piperazine rings is 1. The third kappa shape index (κ3) is 7.92. The third-order valence-electron chi connectivity index (χ3n) is 6.00. The molecule has 1 aliphatic heterocycles. The number of nitrogens with zero attached hydrogens (tertiary/aromatic N) is 2. The fraction of sp³-hybridized carbons (Fsp3) is 0.423. The number of carboxylic acid groups (broad SMARTS) is 1. The lowest BCUT2D eigenvalue weighted by atomic mass is 10.1. The van der Waals surface area contributed by atoms with E-state index in [4.69, 9.17) is 9.84 Å². The maximum Gasteiger partial charge on any atom is 0.409 e. The van der Waals surface area contributed by atoms with Crippen molar-refractivity contribution < 1.29 is 29.0 Å². The number of hydrogen-bond donors (Lipinski definition) is 3. The van der Waals surface area contributed by atoms with Gasteiger partial charge in [0.1, 0.15) is 11.7 Å². The van der Waals surface area contributed by atoms with Crippen LogP contribution >= 0.6 is 0 Å². The molecule has 1 atom stereocenters. The van der Waals surface area contributed by atoms with Gasteiger partial charge in [0.2, 0.25) is 5.91 Å². The zero-order chi connectivity index (χ0) is 26.8. The van der Waals surface area contributed by atoms with E-state index in [0.29, 0.717) is 17.9 Å². The standard InChI is InChI=1S/C26H32N4O7/c1-2-3-15-37-26(36)30-13-11-29(12-14-30)25(35)20(9-10-23(32)33)28-24(34)22-17-19(31)16-21(27-22)18-7-5-4-6-8-18/h4-8,16-17,20H,2-3,9-15H2,1H3,(H,27,31)(H,28,34)(H,32,33)/t20-/m0/s1. The highest BCUT2D eigenvalue weighted by atomic mass is 16.6. The van der Waals surface area contributed by atoms with E-state index in [9.17, 15) is 24.0 Å². The molecular weight excluding hydrogens is 480 g/mol. The number of H-pyrrole nitrogens is 1. The Morgan fingerprint density at radius 1 is 1.05 bits per heavy atom. The quantitative estimate of drug-likeness (QED) is 0.413. The summed E-state index contributed by atoms with van der Waals surface area (Å²) >= 11 is 0. The highest BCUT2D eigenvalue weighted by Gasteiger charge is 2.31. The van der Waals surface area contributed by atoms with Crippen LogP contribution in [0.2, 0.25) is 0 Å². The molecule has 0 spiro atoms. The van der Waals surface area contributed by atoms with Crippen LogP contribution in [-0.4, -0.2) is 82.6 Å². The summed E-state index contributed by atoms with van der Waals surface area (Å²) in [5.41, 5.74) is 0.713. The maximum atomic E-state index is 13.2. The molecule has 198 valence electrons. The highest BCUT2D eigenvalue weighted by Crippen LogP contribution is 2.15. The molecule has 11 nitrogen and oxygen atoms in total. The number of nitrogens with one attached hydrogen (secondary N) is 2. The highest BCUT2D eigenvalue weighted by molar-refractivity contribution is 5.96. The molecule has 3 amide bonds. The van der Waals surface area contributed by atoms with Gasteiger partial charge in [0.15, 0.2) is 5.43 Å². The van der Waals surface area contributed by atoms with Gasteiger partial charge in [-0.1, -0.05) is 43.7 Å². The van der Waals surface area contributed by atoms with Crippen LogP contribution in [0.15, 0.2) is 47.3 Å². The number of aliphatic carboxylic acids is 1. The number of benzene rings is 1. The molecule has 11 heteroatoms. The molecule has 37 heavy (non-hydrogen) atoms. The molecular formula is C26H32N4O7. The van der Waals surface area contributed by atoms with E-state index in [1.165, 1.54) is 15.9 Å². The predicted molar refractivity (Wildman–Crippen MR) is 135 cm³/mol. The number of aromatic amines is 1. The summed E-state index contributed by atoms with van der Waals surface area (Å²) in [6.45, 7) is 3.31. The van der Waals surface area contributed by atoms with Crippen molar-refractivity contribution in [3.05, 3.63) is 58.4 Å². The fourth-order valence-corrected chi connectivity index (χ4v) is 3.93. The normalized spacial score (nSPS) is 14.1. The van der Waals surface area contributed by atoms with Gasteiger partial charge in [0.25, 0.3) is 5.91 Å². The molecule has 1 saturated heterocycles. The molecule has 1 aromatic heterocycles. The Morgan fingerprint density at radius 3 is 2.38 bits per heavy atom. The Morgan fingerprint density at radius 2 is 1.73 bits per heavy atom. The number of carbonyl (C=O) groups is 4. The van der Waals surface area contributed by atoms with E-state index in [2.05, 4.69) is 10.3 Å². The Labute approximate surface area is 214 Å². The van der Waals surface area contributed by atoms with Crippen LogP contribution in [0, 0.1) is 0 Å². The first-order valence-electron chi connectivity index (χ1n) is 12.3. The minimum Gasteiger partial charge on any atom is -0.481 e. The fourth-order valence-electron chi connectivity index (χ4n) is 3.93. The lowest BCUT2D eigenvalue weighted by molar-refractivity contribution is -0.138. The minimum atomic E-state index is -1.12. The number of rotatable bonds is 10. The zero-order valence-electron chi connectivity index (χ0n) is 20.8. The Bertz CT molecular complexity index is 1160. The van der Waals surface area contributed by atoms with Crippen LogP contribution in [0.25, 0.3) is 11.3 Å². The van der Waals surface area contributed by atoms with Gasteiger partial charge in [-0.25, -0.2) is 4.79 Å². The monoisotopic (exact) mass is 512 g/mol. The largest absolute Gasteiger partial charge is 0.481 e. The number of unbranched alkanes of at least 4 members (excludes halogenated alkanes) is 1. The van der Waals surface area contributed by atoms with Gasteiger partial charge >= 0.3 is 12.1 Å². The number of amides is 3. The van der Waals surface area contributed by atoms with Gasteiger partial charge in [-0.15, -0.1) is 0 Å². The van der Waals surface area contributed by atoms with Crippen LogP contribution in [0.5, 0.6) is 0 Å². The van der Waals surface area contributed by atoms with Crippen LogP contribution in [0.4, 0.5) is 4.79 Å². The van der Waals surface area contributed by atoms with Crippen molar-refractivity contribution in [2.24, 2.45) is 0 Å². The summed E-state index contributed by atoms with van der Waals surface area (Å²) in [7, 11) is 0. The van der Waals surface area contributed by atoms with Gasteiger partial charge < -0.3 is 29.9 Å². The molecule has 0 saturated carbocycles.